The van der Waals surface area contributed by atoms with E-state index in [-0.39, 0.29) is 12.3 Å². The summed E-state index contributed by atoms with van der Waals surface area (Å²) in [4.78, 5) is 11.4. The Morgan fingerprint density at radius 3 is 2.63 bits per heavy atom. The molecule has 1 aromatic carbocycles. The van der Waals surface area contributed by atoms with Crippen molar-refractivity contribution in [3.63, 3.8) is 0 Å². The van der Waals surface area contributed by atoms with E-state index in [1.54, 1.807) is 12.1 Å². The van der Waals surface area contributed by atoms with Gasteiger partial charge in [-0.3, -0.25) is 4.79 Å². The summed E-state index contributed by atoms with van der Waals surface area (Å²) in [5, 5.41) is 9.75. The second-order valence-corrected chi connectivity index (χ2v) is 6.13. The van der Waals surface area contributed by atoms with E-state index in [1.807, 2.05) is 18.2 Å². The second kappa shape index (κ2) is 6.40. The van der Waals surface area contributed by atoms with Gasteiger partial charge in [-0.1, -0.05) is 57.9 Å². The van der Waals surface area contributed by atoms with E-state index < -0.39 is 5.97 Å². The van der Waals surface area contributed by atoms with E-state index in [2.05, 4.69) is 28.1 Å². The van der Waals surface area contributed by atoms with Crippen LogP contribution in [0.15, 0.2) is 48.1 Å². The molecule has 0 saturated heterocycles. The van der Waals surface area contributed by atoms with E-state index in [0.717, 1.165) is 17.6 Å². The van der Waals surface area contributed by atoms with Crippen molar-refractivity contribution in [3.05, 3.63) is 58.7 Å². The number of carboxylic acid groups (broad SMARTS) is 1. The van der Waals surface area contributed by atoms with E-state index in [4.69, 9.17) is 16.7 Å². The van der Waals surface area contributed by atoms with Gasteiger partial charge in [-0.05, 0) is 29.7 Å². The van der Waals surface area contributed by atoms with Crippen molar-refractivity contribution in [2.24, 2.45) is 0 Å². The molecule has 0 amide bonds. The fourth-order valence-electron chi connectivity index (χ4n) is 2.17. The van der Waals surface area contributed by atoms with Crippen molar-refractivity contribution in [2.75, 3.05) is 0 Å². The zero-order valence-corrected chi connectivity index (χ0v) is 12.6. The average molecular weight is 342 g/mol. The molecule has 1 aliphatic rings. The van der Waals surface area contributed by atoms with Crippen LogP contribution in [0.25, 0.3) is 0 Å². The Hall–Kier alpha value is -1.06. The van der Waals surface area contributed by atoms with Gasteiger partial charge < -0.3 is 5.11 Å². The zero-order valence-electron chi connectivity index (χ0n) is 10.2. The highest BCUT2D eigenvalue weighted by Crippen LogP contribution is 2.32. The van der Waals surface area contributed by atoms with E-state index >= 15 is 0 Å². The summed E-state index contributed by atoms with van der Waals surface area (Å²) in [5.41, 5.74) is 2.04. The molecule has 100 valence electrons. The molecule has 1 N–H and O–H groups in total. The maximum atomic E-state index is 11.1. The topological polar surface area (TPSA) is 37.3 Å². The van der Waals surface area contributed by atoms with E-state index in [0.29, 0.717) is 9.85 Å². The summed E-state index contributed by atoms with van der Waals surface area (Å²) in [6, 6.07) is 7.38. The molecule has 0 spiro atoms. The van der Waals surface area contributed by atoms with Gasteiger partial charge in [0.05, 0.1) is 6.42 Å². The van der Waals surface area contributed by atoms with Crippen LogP contribution in [0.4, 0.5) is 0 Å². The average Bonchev–Trinajstić information content (AvgIpc) is 2.38. The molecule has 0 aromatic heterocycles. The predicted octanol–water partition coefficient (Wildman–Crippen LogP) is 4.55. The molecule has 0 aliphatic heterocycles. The van der Waals surface area contributed by atoms with Gasteiger partial charge in [0.1, 0.15) is 0 Å². The van der Waals surface area contributed by atoms with Crippen LogP contribution in [0, 0.1) is 0 Å². The van der Waals surface area contributed by atoms with Crippen LogP contribution in [-0.4, -0.2) is 15.9 Å². The molecule has 4 heteroatoms. The summed E-state index contributed by atoms with van der Waals surface area (Å²) >= 11 is 9.39. The van der Waals surface area contributed by atoms with Crippen molar-refractivity contribution in [3.8, 4) is 0 Å². The van der Waals surface area contributed by atoms with Crippen LogP contribution in [0.1, 0.15) is 24.3 Å². The van der Waals surface area contributed by atoms with Gasteiger partial charge in [-0.25, -0.2) is 0 Å². The fraction of sp³-hybridized carbons (Fsp3) is 0.267. The van der Waals surface area contributed by atoms with Gasteiger partial charge in [-0.15, -0.1) is 0 Å². The molecule has 0 saturated carbocycles. The Kier molecular flexibility index (Phi) is 4.83. The highest BCUT2D eigenvalue weighted by Gasteiger charge is 2.20. The molecule has 0 radical (unpaired) electrons. The second-order valence-electron chi connectivity index (χ2n) is 4.52. The molecule has 2 unspecified atom stereocenters. The lowest BCUT2D eigenvalue weighted by atomic mass is 9.85. The third kappa shape index (κ3) is 3.95. The molecule has 2 atom stereocenters. The van der Waals surface area contributed by atoms with Crippen molar-refractivity contribution in [1.82, 2.24) is 0 Å². The third-order valence-electron chi connectivity index (χ3n) is 3.13. The van der Waals surface area contributed by atoms with Crippen LogP contribution >= 0.6 is 27.5 Å². The molecular weight excluding hydrogens is 328 g/mol. The Morgan fingerprint density at radius 2 is 2.11 bits per heavy atom. The Morgan fingerprint density at radius 1 is 1.42 bits per heavy atom. The van der Waals surface area contributed by atoms with Crippen molar-refractivity contribution < 1.29 is 9.90 Å². The number of hydrogen-bond donors (Lipinski definition) is 1. The van der Waals surface area contributed by atoms with Crippen molar-refractivity contribution in [2.45, 2.75) is 23.6 Å². The third-order valence-corrected chi connectivity index (χ3v) is 4.06. The first kappa shape index (κ1) is 14.4. The van der Waals surface area contributed by atoms with E-state index in [9.17, 15) is 4.79 Å². The lowest BCUT2D eigenvalue weighted by molar-refractivity contribution is -0.137. The summed E-state index contributed by atoms with van der Waals surface area (Å²) in [6.07, 6.45) is 7.13. The summed E-state index contributed by atoms with van der Waals surface area (Å²) in [5.74, 6) is -0.916. The lowest BCUT2D eigenvalue weighted by Gasteiger charge is -2.20. The first-order valence-electron chi connectivity index (χ1n) is 6.06. The standard InChI is InChI=1S/C15H14BrClO2/c16-12-5-1-10(2-6-12)14(9-15(18)19)11-3-7-13(17)8-4-11/h1-5,7-8,12,14H,6,9H2,(H,18,19). The SMILES string of the molecule is O=C(O)CC(C1=CCC(Br)C=C1)c1ccc(Cl)cc1. The maximum absolute atomic E-state index is 11.1. The quantitative estimate of drug-likeness (QED) is 0.816. The number of halogens is 2. The van der Waals surface area contributed by atoms with Crippen molar-refractivity contribution >= 4 is 33.5 Å². The van der Waals surface area contributed by atoms with Gasteiger partial charge in [0.25, 0.3) is 0 Å². The van der Waals surface area contributed by atoms with Gasteiger partial charge >= 0.3 is 5.97 Å². The van der Waals surface area contributed by atoms with Crippen LogP contribution in [0.5, 0.6) is 0 Å². The zero-order chi connectivity index (χ0) is 13.8. The summed E-state index contributed by atoms with van der Waals surface area (Å²) in [6.45, 7) is 0. The predicted molar refractivity (Wildman–Crippen MR) is 81.0 cm³/mol. The van der Waals surface area contributed by atoms with Crippen LogP contribution in [0.2, 0.25) is 5.02 Å². The van der Waals surface area contributed by atoms with Gasteiger partial charge in [0, 0.05) is 15.8 Å². The smallest absolute Gasteiger partial charge is 0.304 e. The molecule has 2 nitrogen and oxygen atoms in total. The molecule has 1 aromatic rings. The highest BCUT2D eigenvalue weighted by molar-refractivity contribution is 9.09. The molecule has 0 heterocycles. The molecule has 0 bridgehead atoms. The Labute approximate surface area is 125 Å². The number of rotatable bonds is 4. The minimum atomic E-state index is -0.796. The molecule has 2 rings (SSSR count). The fourth-order valence-corrected chi connectivity index (χ4v) is 2.63. The number of aliphatic carboxylic acids is 1. The highest BCUT2D eigenvalue weighted by atomic mass is 79.9. The molecular formula is C15H14BrClO2. The van der Waals surface area contributed by atoms with Crippen molar-refractivity contribution in [1.29, 1.82) is 0 Å². The summed E-state index contributed by atoms with van der Waals surface area (Å²) in [7, 11) is 0. The molecule has 19 heavy (non-hydrogen) atoms. The molecule has 0 fully saturated rings. The van der Waals surface area contributed by atoms with Gasteiger partial charge in [-0.2, -0.15) is 0 Å². The number of allylic oxidation sites excluding steroid dienone is 4. The monoisotopic (exact) mass is 340 g/mol. The number of carboxylic acids is 1. The number of benzene rings is 1. The van der Waals surface area contributed by atoms with Crippen LogP contribution < -0.4 is 0 Å². The van der Waals surface area contributed by atoms with Crippen LogP contribution in [0.3, 0.4) is 0 Å². The lowest BCUT2D eigenvalue weighted by Crippen LogP contribution is -2.10. The minimum absolute atomic E-state index is 0.0881. The number of alkyl halides is 1. The minimum Gasteiger partial charge on any atom is -0.481 e. The Bertz CT molecular complexity index is 519. The van der Waals surface area contributed by atoms with Gasteiger partial charge in [0.15, 0.2) is 0 Å². The van der Waals surface area contributed by atoms with E-state index in [1.165, 1.54) is 0 Å². The number of hydrogen-bond acceptors (Lipinski definition) is 1. The molecule has 1 aliphatic carbocycles. The first-order valence-corrected chi connectivity index (χ1v) is 7.35. The first-order chi connectivity index (χ1) is 9.06. The Balaban J connectivity index is 2.28. The number of carbonyl (C=O) groups is 1. The summed E-state index contributed by atoms with van der Waals surface area (Å²) < 4.78 is 0. The normalized spacial score (nSPS) is 19.9. The maximum Gasteiger partial charge on any atom is 0.304 e. The van der Waals surface area contributed by atoms with Gasteiger partial charge in [0.2, 0.25) is 0 Å². The largest absolute Gasteiger partial charge is 0.481 e. The van der Waals surface area contributed by atoms with Crippen LogP contribution in [-0.2, 0) is 4.79 Å².